The number of anilines is 1. The van der Waals surface area contributed by atoms with Crippen LogP contribution in [0.5, 0.6) is 11.5 Å². The molecule has 0 bridgehead atoms. The lowest BCUT2D eigenvalue weighted by Gasteiger charge is -2.14. The van der Waals surface area contributed by atoms with Gasteiger partial charge in [0.1, 0.15) is 6.61 Å². The zero-order valence-electron chi connectivity index (χ0n) is 17.4. The number of carbonyl (C=O) groups is 1. The summed E-state index contributed by atoms with van der Waals surface area (Å²) in [4.78, 5) is 15.0. The Labute approximate surface area is 206 Å². The average Bonchev–Trinajstić information content (AvgIpc) is 3.11. The van der Waals surface area contributed by atoms with Crippen molar-refractivity contribution in [2.75, 3.05) is 12.0 Å². The third-order valence-electron chi connectivity index (χ3n) is 4.87. The Morgan fingerprint density at radius 1 is 1.15 bits per heavy atom. The highest BCUT2D eigenvalue weighted by molar-refractivity contribution is 8.27. The molecular weight excluding hydrogens is 476 g/mol. The molecule has 3 aromatic rings. The van der Waals surface area contributed by atoms with Gasteiger partial charge in [-0.1, -0.05) is 72.0 Å². The molecule has 33 heavy (non-hydrogen) atoms. The van der Waals surface area contributed by atoms with Crippen molar-refractivity contribution in [2.24, 2.45) is 0 Å². The zero-order chi connectivity index (χ0) is 23.4. The Hall–Kier alpha value is -3.31. The number of nitrogens with zero attached hydrogens (tertiary/aromatic N) is 2. The van der Waals surface area contributed by atoms with Crippen molar-refractivity contribution in [3.63, 3.8) is 0 Å². The molecule has 1 saturated heterocycles. The van der Waals surface area contributed by atoms with Crippen LogP contribution >= 0.6 is 35.6 Å². The summed E-state index contributed by atoms with van der Waals surface area (Å²) in [6, 6.07) is 22.0. The van der Waals surface area contributed by atoms with Crippen molar-refractivity contribution in [2.45, 2.75) is 6.61 Å². The van der Waals surface area contributed by atoms with Gasteiger partial charge in [-0.3, -0.25) is 9.69 Å². The molecule has 164 valence electrons. The Morgan fingerprint density at radius 3 is 2.61 bits per heavy atom. The van der Waals surface area contributed by atoms with Crippen LogP contribution in [-0.2, 0) is 11.4 Å². The van der Waals surface area contributed by atoms with E-state index in [1.165, 1.54) is 23.8 Å². The Balaban J connectivity index is 1.59. The predicted molar refractivity (Wildman–Crippen MR) is 136 cm³/mol. The van der Waals surface area contributed by atoms with E-state index < -0.39 is 0 Å². The molecule has 0 N–H and O–H groups in total. The standard InChI is InChI=1S/C25H17ClN2O3S2/c1-30-21-12-16(11-20(26)23(21)31-15-18-8-6-5-7-17(18)14-27)13-22-24(29)28(25(32)33-22)19-9-3-2-4-10-19/h2-13H,15H2,1H3/b22-13+. The van der Waals surface area contributed by atoms with E-state index in [1.807, 2.05) is 42.5 Å². The summed E-state index contributed by atoms with van der Waals surface area (Å²) in [5, 5.41) is 9.60. The van der Waals surface area contributed by atoms with Gasteiger partial charge in [-0.05, 0) is 42.0 Å². The van der Waals surface area contributed by atoms with Gasteiger partial charge in [-0.15, -0.1) is 0 Å². The first kappa shape index (κ1) is 22.9. The fourth-order valence-electron chi connectivity index (χ4n) is 3.29. The summed E-state index contributed by atoms with van der Waals surface area (Å²) in [5.41, 5.74) is 2.67. The number of methoxy groups -OCH3 is 1. The summed E-state index contributed by atoms with van der Waals surface area (Å²) in [7, 11) is 1.51. The van der Waals surface area contributed by atoms with Gasteiger partial charge in [0.05, 0.1) is 34.4 Å². The summed E-state index contributed by atoms with van der Waals surface area (Å²) in [6.45, 7) is 0.162. The van der Waals surface area contributed by atoms with Crippen LogP contribution in [0.15, 0.2) is 71.6 Å². The van der Waals surface area contributed by atoms with Crippen LogP contribution < -0.4 is 14.4 Å². The van der Waals surface area contributed by atoms with Gasteiger partial charge >= 0.3 is 0 Å². The van der Waals surface area contributed by atoms with E-state index in [4.69, 9.17) is 33.3 Å². The maximum atomic E-state index is 13.0. The minimum absolute atomic E-state index is 0.162. The molecule has 0 unspecified atom stereocenters. The van der Waals surface area contributed by atoms with E-state index in [0.29, 0.717) is 36.9 Å². The van der Waals surface area contributed by atoms with Crippen LogP contribution in [0.2, 0.25) is 5.02 Å². The van der Waals surface area contributed by atoms with Crippen molar-refractivity contribution in [3.05, 3.63) is 93.3 Å². The summed E-state index contributed by atoms with van der Waals surface area (Å²) in [5.74, 6) is 0.586. The Kier molecular flexibility index (Phi) is 6.99. The van der Waals surface area contributed by atoms with Crippen LogP contribution in [0.4, 0.5) is 5.69 Å². The normalized spacial score (nSPS) is 14.5. The van der Waals surface area contributed by atoms with Gasteiger partial charge in [0.2, 0.25) is 0 Å². The quantitative estimate of drug-likeness (QED) is 0.301. The smallest absolute Gasteiger partial charge is 0.270 e. The second kappa shape index (κ2) is 10.1. The number of benzene rings is 3. The summed E-state index contributed by atoms with van der Waals surface area (Å²) >= 11 is 13.2. The number of hydrogen-bond donors (Lipinski definition) is 0. The first-order valence-corrected chi connectivity index (χ1v) is 11.4. The SMILES string of the molecule is COc1cc(/C=C2/SC(=S)N(c3ccccc3)C2=O)cc(Cl)c1OCc1ccccc1C#N. The molecule has 0 saturated carbocycles. The van der Waals surface area contributed by atoms with Crippen LogP contribution in [0.25, 0.3) is 6.08 Å². The molecule has 0 aliphatic carbocycles. The molecule has 1 heterocycles. The number of hydrogen-bond acceptors (Lipinski definition) is 6. The number of rotatable bonds is 6. The van der Waals surface area contributed by atoms with Gasteiger partial charge in [0.15, 0.2) is 15.8 Å². The number of nitriles is 1. The second-order valence-corrected chi connectivity index (χ2v) is 9.03. The molecule has 8 heteroatoms. The van der Waals surface area contributed by atoms with E-state index in [2.05, 4.69) is 6.07 Å². The van der Waals surface area contributed by atoms with Gasteiger partial charge in [-0.2, -0.15) is 5.26 Å². The number of thiocarbonyl (C=S) groups is 1. The first-order valence-electron chi connectivity index (χ1n) is 9.83. The Morgan fingerprint density at radius 2 is 1.88 bits per heavy atom. The van der Waals surface area contributed by atoms with Gasteiger partial charge in [-0.25, -0.2) is 0 Å². The zero-order valence-corrected chi connectivity index (χ0v) is 19.8. The van der Waals surface area contributed by atoms with E-state index >= 15 is 0 Å². The van der Waals surface area contributed by atoms with Crippen molar-refractivity contribution in [3.8, 4) is 17.6 Å². The number of amides is 1. The molecule has 3 aromatic carbocycles. The molecule has 0 atom stereocenters. The fourth-order valence-corrected chi connectivity index (χ4v) is 4.86. The summed E-state index contributed by atoms with van der Waals surface area (Å²) < 4.78 is 11.8. The van der Waals surface area contributed by atoms with Crippen molar-refractivity contribution in [1.29, 1.82) is 5.26 Å². The molecule has 1 fully saturated rings. The number of halogens is 1. The van der Waals surface area contributed by atoms with E-state index in [1.54, 1.807) is 30.3 Å². The Bertz CT molecular complexity index is 1300. The fraction of sp³-hybridized carbons (Fsp3) is 0.0800. The molecular formula is C25H17ClN2O3S2. The maximum Gasteiger partial charge on any atom is 0.270 e. The molecule has 0 aromatic heterocycles. The van der Waals surface area contributed by atoms with Gasteiger partial charge < -0.3 is 9.47 Å². The minimum atomic E-state index is -0.195. The lowest BCUT2D eigenvalue weighted by molar-refractivity contribution is -0.113. The monoisotopic (exact) mass is 492 g/mol. The van der Waals surface area contributed by atoms with Gasteiger partial charge in [0, 0.05) is 5.56 Å². The number of thioether (sulfide) groups is 1. The van der Waals surface area contributed by atoms with Crippen LogP contribution in [-0.4, -0.2) is 17.3 Å². The van der Waals surface area contributed by atoms with Crippen molar-refractivity contribution < 1.29 is 14.3 Å². The third kappa shape index (κ3) is 4.88. The number of carbonyl (C=O) groups excluding carboxylic acids is 1. The maximum absolute atomic E-state index is 13.0. The largest absolute Gasteiger partial charge is 0.493 e. The first-order chi connectivity index (χ1) is 16.0. The number of ether oxygens (including phenoxy) is 2. The third-order valence-corrected chi connectivity index (χ3v) is 6.45. The topological polar surface area (TPSA) is 62.6 Å². The molecule has 0 radical (unpaired) electrons. The van der Waals surface area contributed by atoms with Crippen LogP contribution in [0.3, 0.4) is 0 Å². The second-order valence-electron chi connectivity index (χ2n) is 6.94. The van der Waals surface area contributed by atoms with Crippen molar-refractivity contribution >= 4 is 57.6 Å². The lowest BCUT2D eigenvalue weighted by atomic mass is 10.1. The molecule has 4 rings (SSSR count). The molecule has 1 aliphatic heterocycles. The highest BCUT2D eigenvalue weighted by atomic mass is 35.5. The average molecular weight is 493 g/mol. The van der Waals surface area contributed by atoms with Crippen LogP contribution in [0.1, 0.15) is 16.7 Å². The van der Waals surface area contributed by atoms with E-state index in [0.717, 1.165) is 11.3 Å². The lowest BCUT2D eigenvalue weighted by Crippen LogP contribution is -2.27. The molecule has 1 amide bonds. The van der Waals surface area contributed by atoms with Gasteiger partial charge in [0.25, 0.3) is 5.91 Å². The predicted octanol–water partition coefficient (Wildman–Crippen LogP) is 6.21. The number of para-hydroxylation sites is 1. The van der Waals surface area contributed by atoms with E-state index in [-0.39, 0.29) is 12.5 Å². The summed E-state index contributed by atoms with van der Waals surface area (Å²) in [6.07, 6.45) is 1.73. The van der Waals surface area contributed by atoms with Crippen molar-refractivity contribution in [1.82, 2.24) is 0 Å². The van der Waals surface area contributed by atoms with Crippen LogP contribution in [0, 0.1) is 11.3 Å². The highest BCUT2D eigenvalue weighted by Gasteiger charge is 2.33. The highest BCUT2D eigenvalue weighted by Crippen LogP contribution is 2.40. The minimum Gasteiger partial charge on any atom is -0.493 e. The molecule has 0 spiro atoms. The molecule has 1 aliphatic rings. The van der Waals surface area contributed by atoms with E-state index in [9.17, 15) is 10.1 Å². The molecule has 5 nitrogen and oxygen atoms in total.